The van der Waals surface area contributed by atoms with Crippen molar-refractivity contribution in [2.75, 3.05) is 18.8 Å². The number of guanidine groups is 1. The second-order valence-corrected chi connectivity index (χ2v) is 6.98. The molecule has 0 spiro atoms. The summed E-state index contributed by atoms with van der Waals surface area (Å²) in [5, 5.41) is 9.92. The highest BCUT2D eigenvalue weighted by molar-refractivity contribution is 14.0. The molecule has 1 heterocycles. The molecule has 132 valence electrons. The molecule has 2 aromatic rings. The number of nitrogens with one attached hydrogen (secondary N) is 2. The molecule has 0 fully saturated rings. The molecule has 1 aromatic carbocycles. The highest BCUT2D eigenvalue weighted by Gasteiger charge is 2.01. The van der Waals surface area contributed by atoms with Crippen LogP contribution in [0.4, 0.5) is 0 Å². The number of aliphatic imine (C=N–C) groups is 1. The van der Waals surface area contributed by atoms with Crippen LogP contribution >= 0.6 is 47.1 Å². The van der Waals surface area contributed by atoms with Gasteiger partial charge in [0.2, 0.25) is 0 Å². The standard InChI is InChI=1S/C17H24N4S2.HI/c1-3-16-21-14(13-23-16)12-20-17(18-4-2)19-10-11-22-15-8-6-5-7-9-15;/h5-9,13H,3-4,10-12H2,1-2H3,(H2,18,19,20);1H. The maximum atomic E-state index is 4.61. The zero-order valence-corrected chi connectivity index (χ0v) is 18.1. The van der Waals surface area contributed by atoms with Crippen LogP contribution in [-0.2, 0) is 13.0 Å². The predicted molar refractivity (Wildman–Crippen MR) is 117 cm³/mol. The number of benzene rings is 1. The Labute approximate surface area is 170 Å². The van der Waals surface area contributed by atoms with Crippen molar-refractivity contribution >= 4 is 53.0 Å². The predicted octanol–water partition coefficient (Wildman–Crippen LogP) is 4.17. The van der Waals surface area contributed by atoms with E-state index in [1.165, 1.54) is 9.90 Å². The average Bonchev–Trinajstić information content (AvgIpc) is 3.05. The van der Waals surface area contributed by atoms with Crippen LogP contribution in [0, 0.1) is 0 Å². The summed E-state index contributed by atoms with van der Waals surface area (Å²) in [5.41, 5.74) is 1.04. The van der Waals surface area contributed by atoms with Gasteiger partial charge in [0.25, 0.3) is 0 Å². The van der Waals surface area contributed by atoms with E-state index in [-0.39, 0.29) is 24.0 Å². The lowest BCUT2D eigenvalue weighted by Crippen LogP contribution is -2.38. The van der Waals surface area contributed by atoms with Crippen LogP contribution in [0.15, 0.2) is 45.6 Å². The summed E-state index contributed by atoms with van der Waals surface area (Å²) in [6.07, 6.45) is 0.989. The molecule has 0 aliphatic carbocycles. The first-order valence-corrected chi connectivity index (χ1v) is 9.81. The molecule has 0 bridgehead atoms. The van der Waals surface area contributed by atoms with Gasteiger partial charge in [0.05, 0.1) is 17.2 Å². The third-order valence-corrected chi connectivity index (χ3v) is 5.11. The van der Waals surface area contributed by atoms with Gasteiger partial charge >= 0.3 is 0 Å². The van der Waals surface area contributed by atoms with Crippen LogP contribution < -0.4 is 10.6 Å². The topological polar surface area (TPSA) is 49.3 Å². The van der Waals surface area contributed by atoms with Crippen molar-refractivity contribution < 1.29 is 0 Å². The van der Waals surface area contributed by atoms with Gasteiger partial charge in [-0.15, -0.1) is 47.1 Å². The number of nitrogens with zero attached hydrogens (tertiary/aromatic N) is 2. The van der Waals surface area contributed by atoms with Gasteiger partial charge in [-0.2, -0.15) is 0 Å². The Morgan fingerprint density at radius 2 is 2.00 bits per heavy atom. The first-order chi connectivity index (χ1) is 11.3. The van der Waals surface area contributed by atoms with E-state index >= 15 is 0 Å². The summed E-state index contributed by atoms with van der Waals surface area (Å²) < 4.78 is 0. The fourth-order valence-electron chi connectivity index (χ4n) is 1.94. The highest BCUT2D eigenvalue weighted by Crippen LogP contribution is 2.15. The minimum Gasteiger partial charge on any atom is -0.357 e. The Morgan fingerprint density at radius 1 is 1.21 bits per heavy atom. The summed E-state index contributed by atoms with van der Waals surface area (Å²) >= 11 is 3.55. The third kappa shape index (κ3) is 7.85. The fraction of sp³-hybridized carbons (Fsp3) is 0.412. The van der Waals surface area contributed by atoms with Gasteiger partial charge in [-0.05, 0) is 25.5 Å². The first-order valence-electron chi connectivity index (χ1n) is 7.95. The lowest BCUT2D eigenvalue weighted by atomic mass is 10.4. The van der Waals surface area contributed by atoms with E-state index in [9.17, 15) is 0 Å². The van der Waals surface area contributed by atoms with Crippen molar-refractivity contribution in [3.05, 3.63) is 46.4 Å². The van der Waals surface area contributed by atoms with Crippen LogP contribution in [-0.4, -0.2) is 29.8 Å². The minimum absolute atomic E-state index is 0. The maximum absolute atomic E-state index is 4.61. The molecule has 0 amide bonds. The Bertz CT molecular complexity index is 602. The van der Waals surface area contributed by atoms with E-state index < -0.39 is 0 Å². The zero-order valence-electron chi connectivity index (χ0n) is 14.1. The van der Waals surface area contributed by atoms with E-state index in [2.05, 4.69) is 64.1 Å². The summed E-state index contributed by atoms with van der Waals surface area (Å²) in [4.78, 5) is 10.5. The second kappa shape index (κ2) is 12.5. The highest BCUT2D eigenvalue weighted by atomic mass is 127. The number of aromatic nitrogens is 1. The molecule has 2 rings (SSSR count). The molecule has 0 unspecified atom stereocenters. The number of rotatable bonds is 8. The molecule has 1 aromatic heterocycles. The normalized spacial score (nSPS) is 11.0. The molecule has 0 radical (unpaired) electrons. The molecule has 24 heavy (non-hydrogen) atoms. The van der Waals surface area contributed by atoms with Gasteiger partial charge in [-0.3, -0.25) is 0 Å². The van der Waals surface area contributed by atoms with Gasteiger partial charge in [0.15, 0.2) is 5.96 Å². The quantitative estimate of drug-likeness (QED) is 0.198. The van der Waals surface area contributed by atoms with E-state index in [0.717, 1.165) is 36.9 Å². The lowest BCUT2D eigenvalue weighted by Gasteiger charge is -2.10. The van der Waals surface area contributed by atoms with Crippen LogP contribution in [0.5, 0.6) is 0 Å². The number of halogens is 1. The first kappa shape index (κ1) is 21.2. The summed E-state index contributed by atoms with van der Waals surface area (Å²) in [5.74, 6) is 1.86. The van der Waals surface area contributed by atoms with Crippen molar-refractivity contribution in [3.8, 4) is 0 Å². The minimum atomic E-state index is 0. The smallest absolute Gasteiger partial charge is 0.191 e. The van der Waals surface area contributed by atoms with E-state index in [1.807, 2.05) is 17.8 Å². The number of aryl methyl sites for hydroxylation is 1. The van der Waals surface area contributed by atoms with Crippen molar-refractivity contribution in [2.24, 2.45) is 4.99 Å². The van der Waals surface area contributed by atoms with Crippen LogP contribution in [0.1, 0.15) is 24.5 Å². The Hall–Kier alpha value is -0.800. The molecule has 0 atom stereocenters. The zero-order chi connectivity index (χ0) is 16.3. The van der Waals surface area contributed by atoms with E-state index in [0.29, 0.717) is 6.54 Å². The summed E-state index contributed by atoms with van der Waals surface area (Å²) in [7, 11) is 0. The van der Waals surface area contributed by atoms with Crippen molar-refractivity contribution in [2.45, 2.75) is 31.7 Å². The van der Waals surface area contributed by atoms with Gasteiger partial charge < -0.3 is 10.6 Å². The van der Waals surface area contributed by atoms with Crippen LogP contribution in [0.3, 0.4) is 0 Å². The van der Waals surface area contributed by atoms with E-state index in [1.54, 1.807) is 11.3 Å². The molecule has 0 aliphatic rings. The van der Waals surface area contributed by atoms with Crippen LogP contribution in [0.2, 0.25) is 0 Å². The molecule has 0 saturated heterocycles. The lowest BCUT2D eigenvalue weighted by molar-refractivity contribution is 0.837. The Kier molecular flexibility index (Phi) is 11.1. The van der Waals surface area contributed by atoms with Crippen molar-refractivity contribution in [1.82, 2.24) is 15.6 Å². The van der Waals surface area contributed by atoms with Crippen molar-refractivity contribution in [3.63, 3.8) is 0 Å². The third-order valence-electron chi connectivity index (χ3n) is 3.05. The van der Waals surface area contributed by atoms with E-state index in [4.69, 9.17) is 0 Å². The van der Waals surface area contributed by atoms with Gasteiger partial charge in [-0.1, -0.05) is 25.1 Å². The monoisotopic (exact) mass is 476 g/mol. The average molecular weight is 476 g/mol. The molecular formula is C17H25IN4S2. The largest absolute Gasteiger partial charge is 0.357 e. The number of hydrogen-bond acceptors (Lipinski definition) is 4. The van der Waals surface area contributed by atoms with Gasteiger partial charge in [-0.25, -0.2) is 9.98 Å². The summed E-state index contributed by atoms with van der Waals surface area (Å²) in [6, 6.07) is 10.5. The fourth-order valence-corrected chi connectivity index (χ4v) is 3.47. The molecule has 0 aliphatic heterocycles. The number of thiazole rings is 1. The van der Waals surface area contributed by atoms with Gasteiger partial charge in [0, 0.05) is 29.1 Å². The van der Waals surface area contributed by atoms with Crippen molar-refractivity contribution in [1.29, 1.82) is 0 Å². The summed E-state index contributed by atoms with van der Waals surface area (Å²) in [6.45, 7) is 6.56. The number of thioether (sulfide) groups is 1. The molecule has 2 N–H and O–H groups in total. The molecular weight excluding hydrogens is 451 g/mol. The Morgan fingerprint density at radius 3 is 2.67 bits per heavy atom. The maximum Gasteiger partial charge on any atom is 0.191 e. The SMILES string of the molecule is CCNC(=NCc1csc(CC)n1)NCCSc1ccccc1.I. The number of hydrogen-bond donors (Lipinski definition) is 2. The molecule has 0 saturated carbocycles. The molecule has 7 heteroatoms. The van der Waals surface area contributed by atoms with Gasteiger partial charge in [0.1, 0.15) is 0 Å². The second-order valence-electron chi connectivity index (χ2n) is 4.87. The van der Waals surface area contributed by atoms with Crippen LogP contribution in [0.25, 0.3) is 0 Å². The molecule has 4 nitrogen and oxygen atoms in total. The Balaban J connectivity index is 0.00000288.